The second-order valence-corrected chi connectivity index (χ2v) is 7.57. The largest absolute Gasteiger partial charge is 0.480 e. The van der Waals surface area contributed by atoms with Crippen molar-refractivity contribution < 1.29 is 19.4 Å². The number of hydrogen-bond acceptors (Lipinski definition) is 3. The highest BCUT2D eigenvalue weighted by Crippen LogP contribution is 2.37. The van der Waals surface area contributed by atoms with Gasteiger partial charge in [-0.05, 0) is 43.1 Å². The lowest BCUT2D eigenvalue weighted by Crippen LogP contribution is -2.46. The Labute approximate surface area is 144 Å². The lowest BCUT2D eigenvalue weighted by atomic mass is 9.75. The van der Waals surface area contributed by atoms with Crippen molar-refractivity contribution in [3.05, 3.63) is 35.9 Å². The minimum Gasteiger partial charge on any atom is -0.480 e. The molecule has 2 rings (SSSR count). The van der Waals surface area contributed by atoms with Crippen molar-refractivity contribution in [2.24, 2.45) is 17.8 Å². The van der Waals surface area contributed by atoms with Crippen LogP contribution in [0.5, 0.6) is 0 Å². The summed E-state index contributed by atoms with van der Waals surface area (Å²) in [5, 5.41) is 9.71. The minimum absolute atomic E-state index is 0.205. The molecule has 1 saturated carbocycles. The van der Waals surface area contributed by atoms with E-state index in [1.165, 1.54) is 6.92 Å². The maximum absolute atomic E-state index is 12.8. The molecule has 1 aliphatic carbocycles. The first-order valence-electron chi connectivity index (χ1n) is 8.76. The van der Waals surface area contributed by atoms with Gasteiger partial charge in [0.2, 0.25) is 0 Å². The summed E-state index contributed by atoms with van der Waals surface area (Å²) in [6, 6.07) is 8.61. The van der Waals surface area contributed by atoms with Gasteiger partial charge in [-0.1, -0.05) is 57.5 Å². The topological polar surface area (TPSA) is 63.6 Å². The molecule has 0 radical (unpaired) electrons. The van der Waals surface area contributed by atoms with Gasteiger partial charge in [-0.2, -0.15) is 0 Å². The van der Waals surface area contributed by atoms with Gasteiger partial charge >= 0.3 is 11.9 Å². The molecule has 4 heteroatoms. The maximum Gasteiger partial charge on any atom is 0.328 e. The van der Waals surface area contributed by atoms with Gasteiger partial charge in [0, 0.05) is 0 Å². The van der Waals surface area contributed by atoms with E-state index in [2.05, 4.69) is 20.8 Å². The zero-order valence-electron chi connectivity index (χ0n) is 15.0. The van der Waals surface area contributed by atoms with Gasteiger partial charge in [-0.25, -0.2) is 0 Å². The van der Waals surface area contributed by atoms with Gasteiger partial charge < -0.3 is 9.84 Å². The van der Waals surface area contributed by atoms with E-state index in [1.807, 2.05) is 0 Å². The molecule has 0 bridgehead atoms. The summed E-state index contributed by atoms with van der Waals surface area (Å²) in [4.78, 5) is 24.7. The van der Waals surface area contributed by atoms with Crippen molar-refractivity contribution in [3.63, 3.8) is 0 Å². The Morgan fingerprint density at radius 1 is 1.21 bits per heavy atom. The van der Waals surface area contributed by atoms with Crippen LogP contribution in [0.25, 0.3) is 0 Å². The number of rotatable bonds is 5. The third kappa shape index (κ3) is 3.63. The van der Waals surface area contributed by atoms with E-state index >= 15 is 0 Å². The van der Waals surface area contributed by atoms with Crippen molar-refractivity contribution in [1.82, 2.24) is 0 Å². The number of benzene rings is 1. The molecule has 1 N–H and O–H groups in total. The normalized spacial score (nSPS) is 26.6. The first kappa shape index (κ1) is 18.5. The molecule has 0 spiro atoms. The fraction of sp³-hybridized carbons (Fsp3) is 0.600. The van der Waals surface area contributed by atoms with Crippen molar-refractivity contribution in [1.29, 1.82) is 0 Å². The monoisotopic (exact) mass is 332 g/mol. The highest BCUT2D eigenvalue weighted by Gasteiger charge is 2.47. The average Bonchev–Trinajstić information content (AvgIpc) is 2.54. The standard InChI is InChI=1S/C20H28O4/c1-13(2)16-11-10-14(3)12-17(16)24-19(23)20(4,18(21)22)15-8-6-5-7-9-15/h5-9,13-14,16-17H,10-12H2,1-4H3,(H,21,22)/t14-,16+,17-,20+/m1/s1. The van der Waals surface area contributed by atoms with E-state index in [0.717, 1.165) is 19.3 Å². The number of carbonyl (C=O) groups excluding carboxylic acids is 1. The van der Waals surface area contributed by atoms with E-state index < -0.39 is 17.4 Å². The molecule has 4 nitrogen and oxygen atoms in total. The number of carbonyl (C=O) groups is 2. The Balaban J connectivity index is 2.26. The molecule has 132 valence electrons. The smallest absolute Gasteiger partial charge is 0.328 e. The van der Waals surface area contributed by atoms with Crippen molar-refractivity contribution >= 4 is 11.9 Å². The van der Waals surface area contributed by atoms with Crippen LogP contribution in [-0.4, -0.2) is 23.1 Å². The molecule has 1 aromatic rings. The Morgan fingerprint density at radius 2 is 1.83 bits per heavy atom. The third-order valence-corrected chi connectivity index (χ3v) is 5.41. The van der Waals surface area contributed by atoms with E-state index in [4.69, 9.17) is 4.74 Å². The van der Waals surface area contributed by atoms with Crippen molar-refractivity contribution in [2.45, 2.75) is 58.5 Å². The SMILES string of the molecule is CC(C)[C@@H]1CC[C@@H](C)C[C@H]1OC(=O)[C@](C)(C(=O)O)c1ccccc1. The van der Waals surface area contributed by atoms with Crippen LogP contribution in [0.1, 0.15) is 52.5 Å². The molecular weight excluding hydrogens is 304 g/mol. The highest BCUT2D eigenvalue weighted by molar-refractivity contribution is 6.05. The summed E-state index contributed by atoms with van der Waals surface area (Å²) in [6.45, 7) is 7.86. The molecule has 4 atom stereocenters. The van der Waals surface area contributed by atoms with Crippen LogP contribution in [0.15, 0.2) is 30.3 Å². The van der Waals surface area contributed by atoms with Crippen LogP contribution >= 0.6 is 0 Å². The fourth-order valence-electron chi connectivity index (χ4n) is 3.61. The fourth-order valence-corrected chi connectivity index (χ4v) is 3.61. The zero-order chi connectivity index (χ0) is 17.9. The first-order valence-corrected chi connectivity index (χ1v) is 8.76. The third-order valence-electron chi connectivity index (χ3n) is 5.41. The van der Waals surface area contributed by atoms with E-state index in [-0.39, 0.29) is 6.10 Å². The van der Waals surface area contributed by atoms with Crippen molar-refractivity contribution in [3.8, 4) is 0 Å². The second-order valence-electron chi connectivity index (χ2n) is 7.57. The lowest BCUT2D eigenvalue weighted by Gasteiger charge is -2.38. The molecule has 0 unspecified atom stereocenters. The number of carboxylic acid groups (broad SMARTS) is 1. The van der Waals surface area contributed by atoms with Gasteiger partial charge in [0.05, 0.1) is 0 Å². The minimum atomic E-state index is -1.68. The zero-order valence-corrected chi connectivity index (χ0v) is 15.0. The van der Waals surface area contributed by atoms with Gasteiger partial charge in [-0.15, -0.1) is 0 Å². The summed E-state index contributed by atoms with van der Waals surface area (Å²) in [7, 11) is 0. The van der Waals surface area contributed by atoms with E-state index in [9.17, 15) is 14.7 Å². The number of esters is 1. The quantitative estimate of drug-likeness (QED) is 0.653. The summed E-state index contributed by atoms with van der Waals surface area (Å²) >= 11 is 0. The molecule has 24 heavy (non-hydrogen) atoms. The Bertz CT molecular complexity index is 581. The van der Waals surface area contributed by atoms with Gasteiger partial charge in [0.1, 0.15) is 6.10 Å². The maximum atomic E-state index is 12.8. The highest BCUT2D eigenvalue weighted by atomic mass is 16.5. The summed E-state index contributed by atoms with van der Waals surface area (Å²) in [5.41, 5.74) is -1.23. The molecule has 0 aliphatic heterocycles. The summed E-state index contributed by atoms with van der Waals surface area (Å²) < 4.78 is 5.80. The molecule has 0 saturated heterocycles. The van der Waals surface area contributed by atoms with Crippen LogP contribution in [-0.2, 0) is 19.7 Å². The predicted octanol–water partition coefficient (Wildman–Crippen LogP) is 4.03. The number of aliphatic carboxylic acids is 1. The van der Waals surface area contributed by atoms with Crippen LogP contribution in [0, 0.1) is 17.8 Å². The molecule has 1 aromatic carbocycles. The van der Waals surface area contributed by atoms with E-state index in [0.29, 0.717) is 23.3 Å². The predicted molar refractivity (Wildman–Crippen MR) is 92.7 cm³/mol. The molecule has 1 aliphatic rings. The molecule has 0 heterocycles. The lowest BCUT2D eigenvalue weighted by molar-refractivity contribution is -0.169. The molecular formula is C20H28O4. The molecule has 1 fully saturated rings. The Morgan fingerprint density at radius 3 is 2.38 bits per heavy atom. The summed E-state index contributed by atoms with van der Waals surface area (Å²) in [5.74, 6) is -0.651. The van der Waals surface area contributed by atoms with Gasteiger partial charge in [-0.3, -0.25) is 9.59 Å². The van der Waals surface area contributed by atoms with Gasteiger partial charge in [0.25, 0.3) is 0 Å². The summed E-state index contributed by atoms with van der Waals surface area (Å²) in [6.07, 6.45) is 2.75. The Hall–Kier alpha value is -1.84. The van der Waals surface area contributed by atoms with Crippen LogP contribution in [0.2, 0.25) is 0 Å². The molecule has 0 amide bonds. The Kier molecular flexibility index (Phi) is 5.68. The number of ether oxygens (including phenoxy) is 1. The van der Waals surface area contributed by atoms with E-state index in [1.54, 1.807) is 30.3 Å². The van der Waals surface area contributed by atoms with Crippen LogP contribution < -0.4 is 0 Å². The second kappa shape index (κ2) is 7.37. The van der Waals surface area contributed by atoms with Gasteiger partial charge in [0.15, 0.2) is 5.41 Å². The average molecular weight is 332 g/mol. The molecule has 0 aromatic heterocycles. The van der Waals surface area contributed by atoms with Crippen LogP contribution in [0.4, 0.5) is 0 Å². The first-order chi connectivity index (χ1) is 11.3. The van der Waals surface area contributed by atoms with Crippen molar-refractivity contribution in [2.75, 3.05) is 0 Å². The van der Waals surface area contributed by atoms with Crippen LogP contribution in [0.3, 0.4) is 0 Å². The number of carboxylic acids is 1. The number of hydrogen-bond donors (Lipinski definition) is 1.